The molecule has 0 aliphatic carbocycles. The summed E-state index contributed by atoms with van der Waals surface area (Å²) in [5, 5.41) is 4.73. The number of hydrogen-bond donors (Lipinski definition) is 2. The van der Waals surface area contributed by atoms with E-state index in [9.17, 15) is 14.4 Å². The maximum Gasteiger partial charge on any atom is 0.338 e. The van der Waals surface area contributed by atoms with E-state index in [0.717, 1.165) is 4.90 Å². The Hall–Kier alpha value is -2.02. The zero-order chi connectivity index (χ0) is 17.6. The number of carbonyl (C=O) groups is 3. The largest absolute Gasteiger partial charge is 0.449 e. The predicted molar refractivity (Wildman–Crippen MR) is 89.5 cm³/mol. The highest BCUT2D eigenvalue weighted by Crippen LogP contribution is 2.15. The molecule has 126 valence electrons. The maximum absolute atomic E-state index is 12.0. The zero-order valence-electron chi connectivity index (χ0n) is 13.9. The van der Waals surface area contributed by atoms with Gasteiger partial charge in [0.1, 0.15) is 0 Å². The SMILES string of the molecule is CSc1ccc(C(=O)O[C@@H](C)C(=O)NC(=O)NC(C)(C)C)cc1. The Morgan fingerprint density at radius 3 is 2.17 bits per heavy atom. The van der Waals surface area contributed by atoms with Crippen LogP contribution in [0.3, 0.4) is 0 Å². The van der Waals surface area contributed by atoms with Gasteiger partial charge in [-0.15, -0.1) is 11.8 Å². The molecular weight excluding hydrogens is 316 g/mol. The van der Waals surface area contributed by atoms with Gasteiger partial charge in [-0.05, 0) is 58.2 Å². The fraction of sp³-hybridized carbons (Fsp3) is 0.438. The van der Waals surface area contributed by atoms with Crippen LogP contribution in [0, 0.1) is 0 Å². The van der Waals surface area contributed by atoms with Gasteiger partial charge in [0.15, 0.2) is 6.10 Å². The van der Waals surface area contributed by atoms with E-state index in [4.69, 9.17) is 4.74 Å². The van der Waals surface area contributed by atoms with Crippen molar-refractivity contribution < 1.29 is 19.1 Å². The van der Waals surface area contributed by atoms with Gasteiger partial charge in [0.2, 0.25) is 0 Å². The van der Waals surface area contributed by atoms with Crippen molar-refractivity contribution in [2.24, 2.45) is 0 Å². The van der Waals surface area contributed by atoms with E-state index in [0.29, 0.717) is 5.56 Å². The average molecular weight is 338 g/mol. The molecule has 1 rings (SSSR count). The van der Waals surface area contributed by atoms with Crippen molar-refractivity contribution in [1.29, 1.82) is 0 Å². The van der Waals surface area contributed by atoms with Gasteiger partial charge in [-0.2, -0.15) is 0 Å². The molecule has 0 spiro atoms. The minimum Gasteiger partial charge on any atom is -0.449 e. The second-order valence-electron chi connectivity index (χ2n) is 5.97. The van der Waals surface area contributed by atoms with Crippen LogP contribution in [0.5, 0.6) is 0 Å². The van der Waals surface area contributed by atoms with E-state index < -0.39 is 29.6 Å². The summed E-state index contributed by atoms with van der Waals surface area (Å²) in [6.07, 6.45) is 0.857. The first-order chi connectivity index (χ1) is 10.6. The lowest BCUT2D eigenvalue weighted by Crippen LogP contribution is -2.50. The Kier molecular flexibility index (Phi) is 6.62. The number of urea groups is 1. The average Bonchev–Trinajstić information content (AvgIpc) is 2.45. The van der Waals surface area contributed by atoms with Gasteiger partial charge in [-0.1, -0.05) is 0 Å². The molecule has 0 saturated carbocycles. The van der Waals surface area contributed by atoms with Crippen LogP contribution in [-0.4, -0.2) is 35.8 Å². The number of nitrogens with one attached hydrogen (secondary N) is 2. The third-order valence-electron chi connectivity index (χ3n) is 2.70. The van der Waals surface area contributed by atoms with Crippen LogP contribution in [0.15, 0.2) is 29.2 Å². The Labute approximate surface area is 140 Å². The minimum absolute atomic E-state index is 0.349. The molecule has 0 aliphatic heterocycles. The topological polar surface area (TPSA) is 84.5 Å². The quantitative estimate of drug-likeness (QED) is 0.651. The number of esters is 1. The second-order valence-corrected chi connectivity index (χ2v) is 6.85. The monoisotopic (exact) mass is 338 g/mol. The van der Waals surface area contributed by atoms with Crippen molar-refractivity contribution in [3.63, 3.8) is 0 Å². The standard InChI is InChI=1S/C16H22N2O4S/c1-10(13(19)17-15(21)18-16(2,3)4)22-14(20)11-6-8-12(23-5)9-7-11/h6-10H,1-5H3,(H2,17,18,19,21)/t10-/m0/s1. The molecule has 3 amide bonds. The first-order valence-electron chi connectivity index (χ1n) is 7.10. The zero-order valence-corrected chi connectivity index (χ0v) is 14.7. The number of hydrogen-bond acceptors (Lipinski definition) is 5. The van der Waals surface area contributed by atoms with Crippen LogP contribution >= 0.6 is 11.8 Å². The van der Waals surface area contributed by atoms with Crippen molar-refractivity contribution in [3.8, 4) is 0 Å². The van der Waals surface area contributed by atoms with E-state index in [1.165, 1.54) is 6.92 Å². The molecule has 0 bridgehead atoms. The van der Waals surface area contributed by atoms with Crippen molar-refractivity contribution in [2.75, 3.05) is 6.26 Å². The van der Waals surface area contributed by atoms with Gasteiger partial charge in [-0.3, -0.25) is 10.1 Å². The Balaban J connectivity index is 2.56. The third kappa shape index (κ3) is 6.73. The molecule has 0 aromatic heterocycles. The fourth-order valence-corrected chi connectivity index (χ4v) is 2.00. The molecule has 1 atom stereocenters. The van der Waals surface area contributed by atoms with Gasteiger partial charge in [0.25, 0.3) is 5.91 Å². The summed E-state index contributed by atoms with van der Waals surface area (Å²) in [5.41, 5.74) is -0.120. The lowest BCUT2D eigenvalue weighted by molar-refractivity contribution is -0.127. The van der Waals surface area contributed by atoms with Crippen molar-refractivity contribution in [2.45, 2.75) is 44.2 Å². The van der Waals surface area contributed by atoms with Crippen LogP contribution in [0.2, 0.25) is 0 Å². The molecule has 0 saturated heterocycles. The lowest BCUT2D eigenvalue weighted by atomic mass is 10.1. The third-order valence-corrected chi connectivity index (χ3v) is 3.45. The van der Waals surface area contributed by atoms with E-state index in [2.05, 4.69) is 10.6 Å². The molecule has 23 heavy (non-hydrogen) atoms. The number of thioether (sulfide) groups is 1. The van der Waals surface area contributed by atoms with Crippen LogP contribution in [-0.2, 0) is 9.53 Å². The summed E-state index contributed by atoms with van der Waals surface area (Å²) in [7, 11) is 0. The molecular formula is C16H22N2O4S. The summed E-state index contributed by atoms with van der Waals surface area (Å²) in [6, 6.07) is 6.22. The fourth-order valence-electron chi connectivity index (χ4n) is 1.59. The molecule has 0 heterocycles. The first-order valence-corrected chi connectivity index (χ1v) is 8.33. The predicted octanol–water partition coefficient (Wildman–Crippen LogP) is 2.58. The van der Waals surface area contributed by atoms with Gasteiger partial charge in [0.05, 0.1) is 5.56 Å². The molecule has 6 nitrogen and oxygen atoms in total. The Morgan fingerprint density at radius 1 is 1.13 bits per heavy atom. The molecule has 1 aromatic carbocycles. The van der Waals surface area contributed by atoms with Gasteiger partial charge >= 0.3 is 12.0 Å². The molecule has 2 N–H and O–H groups in total. The van der Waals surface area contributed by atoms with Gasteiger partial charge < -0.3 is 10.1 Å². The number of amides is 3. The summed E-state index contributed by atoms with van der Waals surface area (Å²) >= 11 is 1.56. The molecule has 7 heteroatoms. The smallest absolute Gasteiger partial charge is 0.338 e. The normalized spacial score (nSPS) is 12.2. The molecule has 0 radical (unpaired) electrons. The highest BCUT2D eigenvalue weighted by atomic mass is 32.2. The number of imide groups is 1. The van der Waals surface area contributed by atoms with Crippen molar-refractivity contribution >= 4 is 29.7 Å². The Bertz CT molecular complexity index is 579. The second kappa shape index (κ2) is 8.01. The minimum atomic E-state index is -1.08. The van der Waals surface area contributed by atoms with E-state index in [1.807, 2.05) is 6.26 Å². The van der Waals surface area contributed by atoms with E-state index >= 15 is 0 Å². The maximum atomic E-state index is 12.0. The van der Waals surface area contributed by atoms with Crippen LogP contribution in [0.1, 0.15) is 38.1 Å². The first kappa shape index (κ1) is 19.0. The van der Waals surface area contributed by atoms with Crippen LogP contribution < -0.4 is 10.6 Å². The number of carbonyl (C=O) groups excluding carboxylic acids is 3. The van der Waals surface area contributed by atoms with Crippen molar-refractivity contribution in [1.82, 2.24) is 10.6 Å². The summed E-state index contributed by atoms with van der Waals surface area (Å²) < 4.78 is 5.06. The van der Waals surface area contributed by atoms with Crippen LogP contribution in [0.4, 0.5) is 4.79 Å². The van der Waals surface area contributed by atoms with Crippen molar-refractivity contribution in [3.05, 3.63) is 29.8 Å². The van der Waals surface area contributed by atoms with Gasteiger partial charge in [0, 0.05) is 10.4 Å². The molecule has 0 unspecified atom stereocenters. The lowest BCUT2D eigenvalue weighted by Gasteiger charge is -2.21. The van der Waals surface area contributed by atoms with E-state index in [1.54, 1.807) is 56.8 Å². The number of rotatable bonds is 4. The Morgan fingerprint density at radius 2 is 1.70 bits per heavy atom. The van der Waals surface area contributed by atoms with E-state index in [-0.39, 0.29) is 0 Å². The summed E-state index contributed by atoms with van der Waals surface area (Å²) in [6.45, 7) is 6.78. The summed E-state index contributed by atoms with van der Waals surface area (Å²) in [4.78, 5) is 36.5. The number of ether oxygens (including phenoxy) is 1. The summed E-state index contributed by atoms with van der Waals surface area (Å²) in [5.74, 6) is -1.29. The molecule has 0 aliphatic rings. The van der Waals surface area contributed by atoms with Gasteiger partial charge in [-0.25, -0.2) is 9.59 Å². The highest BCUT2D eigenvalue weighted by Gasteiger charge is 2.22. The molecule has 0 fully saturated rings. The highest BCUT2D eigenvalue weighted by molar-refractivity contribution is 7.98. The number of benzene rings is 1. The van der Waals surface area contributed by atoms with Crippen LogP contribution in [0.25, 0.3) is 0 Å². The molecule has 1 aromatic rings.